The number of rotatable bonds is 0. The van der Waals surface area contributed by atoms with Crippen LogP contribution in [-0.2, 0) is 9.53 Å². The fourth-order valence-corrected chi connectivity index (χ4v) is 1.42. The van der Waals surface area contributed by atoms with Gasteiger partial charge in [0.05, 0.1) is 12.5 Å². The van der Waals surface area contributed by atoms with E-state index >= 15 is 0 Å². The predicted molar refractivity (Wildman–Crippen MR) is 56.9 cm³/mol. The summed E-state index contributed by atoms with van der Waals surface area (Å²) in [6.45, 7) is 1.96. The molecule has 0 radical (unpaired) electrons. The van der Waals surface area contributed by atoms with Gasteiger partial charge in [-0.15, -0.1) is 0 Å². The Hall–Kier alpha value is -1.05. The number of carbonyl (C=O) groups is 1. The summed E-state index contributed by atoms with van der Waals surface area (Å²) in [6, 6.07) is 0. The van der Waals surface area contributed by atoms with Crippen LogP contribution < -0.4 is 0 Å². The maximum absolute atomic E-state index is 11.2. The Balaban J connectivity index is 2.44. The van der Waals surface area contributed by atoms with E-state index in [1.165, 1.54) is 0 Å². The van der Waals surface area contributed by atoms with E-state index in [-0.39, 0.29) is 12.1 Å². The first kappa shape index (κ1) is 11.0. The van der Waals surface area contributed by atoms with Gasteiger partial charge in [-0.3, -0.25) is 4.79 Å². The van der Waals surface area contributed by atoms with Crippen LogP contribution in [0.3, 0.4) is 0 Å². The number of carbonyl (C=O) groups excluding carboxylic acids is 1. The normalized spacial score (nSPS) is 24.9. The fourth-order valence-electron chi connectivity index (χ4n) is 1.42. The second-order valence-corrected chi connectivity index (χ2v) is 3.61. The third-order valence-electron chi connectivity index (χ3n) is 2.20. The summed E-state index contributed by atoms with van der Waals surface area (Å²) < 4.78 is 5.21. The summed E-state index contributed by atoms with van der Waals surface area (Å²) in [5.41, 5.74) is 0. The quantitative estimate of drug-likeness (QED) is 0.437. The third-order valence-corrected chi connectivity index (χ3v) is 2.20. The second kappa shape index (κ2) is 6.41. The van der Waals surface area contributed by atoms with Gasteiger partial charge in [0.2, 0.25) is 0 Å². The van der Waals surface area contributed by atoms with Gasteiger partial charge in [-0.25, -0.2) is 0 Å². The van der Waals surface area contributed by atoms with Crippen LogP contribution in [0.1, 0.15) is 39.0 Å². The molecule has 78 valence electrons. The van der Waals surface area contributed by atoms with Crippen molar-refractivity contribution in [2.24, 2.45) is 0 Å². The molecule has 2 nitrogen and oxygen atoms in total. The van der Waals surface area contributed by atoms with Crippen LogP contribution in [0.25, 0.3) is 0 Å². The van der Waals surface area contributed by atoms with Crippen LogP contribution >= 0.6 is 0 Å². The second-order valence-electron chi connectivity index (χ2n) is 3.61. The fraction of sp³-hybridized carbons (Fsp3) is 0.583. The van der Waals surface area contributed by atoms with Crippen molar-refractivity contribution in [1.29, 1.82) is 0 Å². The number of hydrogen-bond donors (Lipinski definition) is 0. The SMILES string of the molecule is CC1CCCC=CCC=CCC(=O)O1. The Labute approximate surface area is 85.6 Å². The van der Waals surface area contributed by atoms with Gasteiger partial charge >= 0.3 is 5.97 Å². The van der Waals surface area contributed by atoms with Crippen LogP contribution in [0.5, 0.6) is 0 Å². The van der Waals surface area contributed by atoms with E-state index < -0.39 is 0 Å². The molecule has 0 aromatic carbocycles. The van der Waals surface area contributed by atoms with Crippen LogP contribution in [-0.4, -0.2) is 12.1 Å². The van der Waals surface area contributed by atoms with Crippen molar-refractivity contribution < 1.29 is 9.53 Å². The van der Waals surface area contributed by atoms with Gasteiger partial charge in [0, 0.05) is 0 Å². The van der Waals surface area contributed by atoms with Crippen molar-refractivity contribution in [2.75, 3.05) is 0 Å². The molecule has 0 aliphatic carbocycles. The van der Waals surface area contributed by atoms with Crippen LogP contribution in [0.2, 0.25) is 0 Å². The summed E-state index contributed by atoms with van der Waals surface area (Å²) in [4.78, 5) is 11.2. The number of ether oxygens (including phenoxy) is 1. The summed E-state index contributed by atoms with van der Waals surface area (Å²) in [5.74, 6) is -0.113. The molecule has 0 saturated carbocycles. The van der Waals surface area contributed by atoms with Crippen molar-refractivity contribution in [2.45, 2.75) is 45.1 Å². The van der Waals surface area contributed by atoms with E-state index in [4.69, 9.17) is 4.74 Å². The Kier molecular flexibility index (Phi) is 5.05. The summed E-state index contributed by atoms with van der Waals surface area (Å²) in [6.07, 6.45) is 12.7. The molecule has 1 heterocycles. The molecule has 0 amide bonds. The molecule has 14 heavy (non-hydrogen) atoms. The molecule has 0 bridgehead atoms. The Morgan fingerprint density at radius 2 is 2.07 bits per heavy atom. The van der Waals surface area contributed by atoms with Gasteiger partial charge in [0.1, 0.15) is 0 Å². The largest absolute Gasteiger partial charge is 0.462 e. The van der Waals surface area contributed by atoms with E-state index in [0.717, 1.165) is 25.7 Å². The Bertz CT molecular complexity index is 228. The van der Waals surface area contributed by atoms with Crippen molar-refractivity contribution in [3.8, 4) is 0 Å². The molecule has 1 unspecified atom stereocenters. The van der Waals surface area contributed by atoms with Crippen molar-refractivity contribution in [1.82, 2.24) is 0 Å². The third kappa shape index (κ3) is 4.85. The lowest BCUT2D eigenvalue weighted by atomic mass is 10.1. The summed E-state index contributed by atoms with van der Waals surface area (Å²) in [7, 11) is 0. The monoisotopic (exact) mass is 194 g/mol. The number of hydrogen-bond acceptors (Lipinski definition) is 2. The smallest absolute Gasteiger partial charge is 0.309 e. The minimum Gasteiger partial charge on any atom is -0.462 e. The molecule has 1 aliphatic heterocycles. The number of allylic oxidation sites excluding steroid dienone is 3. The Morgan fingerprint density at radius 1 is 1.29 bits per heavy atom. The lowest BCUT2D eigenvalue weighted by Crippen LogP contribution is -2.14. The Morgan fingerprint density at radius 3 is 2.93 bits per heavy atom. The molecule has 1 rings (SSSR count). The minimum atomic E-state index is -0.113. The molecule has 1 atom stereocenters. The standard InChI is InChI=1S/C12H18O2/c1-11-9-7-5-3-2-4-6-8-10-12(13)14-11/h2-3,6,8,11H,4-5,7,9-10H2,1H3. The van der Waals surface area contributed by atoms with E-state index in [1.54, 1.807) is 0 Å². The molecule has 0 saturated heterocycles. The van der Waals surface area contributed by atoms with E-state index in [2.05, 4.69) is 12.2 Å². The highest BCUT2D eigenvalue weighted by Gasteiger charge is 2.07. The lowest BCUT2D eigenvalue weighted by Gasteiger charge is -2.11. The zero-order chi connectivity index (χ0) is 10.2. The summed E-state index contributed by atoms with van der Waals surface area (Å²) >= 11 is 0. The molecule has 2 heteroatoms. The van der Waals surface area contributed by atoms with Gasteiger partial charge in [-0.2, -0.15) is 0 Å². The highest BCUT2D eigenvalue weighted by molar-refractivity contribution is 5.71. The highest BCUT2D eigenvalue weighted by atomic mass is 16.5. The van der Waals surface area contributed by atoms with Crippen molar-refractivity contribution in [3.05, 3.63) is 24.3 Å². The molecule has 0 aromatic heterocycles. The lowest BCUT2D eigenvalue weighted by molar-refractivity contribution is -0.147. The highest BCUT2D eigenvalue weighted by Crippen LogP contribution is 2.08. The average Bonchev–Trinajstić information content (AvgIpc) is 2.13. The van der Waals surface area contributed by atoms with Gasteiger partial charge < -0.3 is 4.74 Å². The predicted octanol–water partition coefficient (Wildman–Crippen LogP) is 2.99. The molecule has 1 aliphatic rings. The molecular weight excluding hydrogens is 176 g/mol. The zero-order valence-electron chi connectivity index (χ0n) is 8.74. The molecule has 0 spiro atoms. The maximum atomic E-state index is 11.2. The van der Waals surface area contributed by atoms with Gasteiger partial charge in [-0.05, 0) is 32.6 Å². The first-order valence-electron chi connectivity index (χ1n) is 5.28. The average molecular weight is 194 g/mol. The van der Waals surface area contributed by atoms with E-state index in [9.17, 15) is 4.79 Å². The first-order valence-corrected chi connectivity index (χ1v) is 5.28. The maximum Gasteiger partial charge on any atom is 0.309 e. The van der Waals surface area contributed by atoms with Crippen LogP contribution in [0, 0.1) is 0 Å². The number of esters is 1. The first-order chi connectivity index (χ1) is 6.79. The molecular formula is C12H18O2. The van der Waals surface area contributed by atoms with Crippen LogP contribution in [0.4, 0.5) is 0 Å². The molecule has 0 aromatic rings. The summed E-state index contributed by atoms with van der Waals surface area (Å²) in [5, 5.41) is 0. The topological polar surface area (TPSA) is 26.3 Å². The van der Waals surface area contributed by atoms with E-state index in [1.807, 2.05) is 19.1 Å². The van der Waals surface area contributed by atoms with E-state index in [0.29, 0.717) is 6.42 Å². The molecule has 0 fully saturated rings. The van der Waals surface area contributed by atoms with Gasteiger partial charge in [0.25, 0.3) is 0 Å². The van der Waals surface area contributed by atoms with Crippen molar-refractivity contribution >= 4 is 5.97 Å². The van der Waals surface area contributed by atoms with Gasteiger partial charge in [-0.1, -0.05) is 24.3 Å². The molecule has 0 N–H and O–H groups in total. The van der Waals surface area contributed by atoms with Gasteiger partial charge in [0.15, 0.2) is 0 Å². The van der Waals surface area contributed by atoms with Crippen LogP contribution in [0.15, 0.2) is 24.3 Å². The van der Waals surface area contributed by atoms with Crippen molar-refractivity contribution in [3.63, 3.8) is 0 Å². The zero-order valence-corrected chi connectivity index (χ0v) is 8.74. The minimum absolute atomic E-state index is 0.0590. The number of cyclic esters (lactones) is 1.